The van der Waals surface area contributed by atoms with Gasteiger partial charge in [-0.3, -0.25) is 4.79 Å². The topological polar surface area (TPSA) is 81.8 Å². The Morgan fingerprint density at radius 2 is 1.92 bits per heavy atom. The highest BCUT2D eigenvalue weighted by molar-refractivity contribution is 5.71. The summed E-state index contributed by atoms with van der Waals surface area (Å²) in [6.45, 7) is 2.07. The predicted octanol–water partition coefficient (Wildman–Crippen LogP) is 6.24. The van der Waals surface area contributed by atoms with Gasteiger partial charge in [-0.05, 0) is 89.6 Å². The number of carboxylic acids is 1. The molecule has 1 heterocycles. The lowest BCUT2D eigenvalue weighted by molar-refractivity contribution is -0.142. The van der Waals surface area contributed by atoms with Crippen LogP contribution in [0.5, 0.6) is 11.5 Å². The lowest BCUT2D eigenvalue weighted by Crippen LogP contribution is -2.21. The van der Waals surface area contributed by atoms with Crippen LogP contribution < -0.4 is 15.2 Å². The van der Waals surface area contributed by atoms with Gasteiger partial charge in [0.2, 0.25) is 0 Å². The summed E-state index contributed by atoms with van der Waals surface area (Å²) in [5.41, 5.74) is 11.3. The number of hydrogen-bond acceptors (Lipinski definition) is 4. The molecule has 3 N–H and O–H groups in total. The number of fused-ring (bicyclic) bond motifs is 1. The van der Waals surface area contributed by atoms with Gasteiger partial charge in [0.05, 0.1) is 13.0 Å². The third kappa shape index (κ3) is 4.70. The van der Waals surface area contributed by atoms with Crippen LogP contribution in [0.3, 0.4) is 0 Å². The average Bonchev–Trinajstić information content (AvgIpc) is 3.73. The molecule has 2 aliphatic rings. The van der Waals surface area contributed by atoms with Crippen LogP contribution in [0.4, 0.5) is 4.39 Å². The minimum atomic E-state index is -0.759. The number of hydrogen-bond donors (Lipinski definition) is 2. The van der Waals surface area contributed by atoms with E-state index in [9.17, 15) is 14.3 Å². The Hall–Kier alpha value is -3.38. The van der Waals surface area contributed by atoms with Crippen molar-refractivity contribution in [3.8, 4) is 22.6 Å². The van der Waals surface area contributed by atoms with Crippen molar-refractivity contribution in [3.05, 3.63) is 82.7 Å². The highest BCUT2D eigenvalue weighted by Gasteiger charge is 2.39. The van der Waals surface area contributed by atoms with Gasteiger partial charge in [0.1, 0.15) is 23.4 Å². The van der Waals surface area contributed by atoms with E-state index in [1.807, 2.05) is 24.3 Å². The molecule has 5 nitrogen and oxygen atoms in total. The van der Waals surface area contributed by atoms with Crippen LogP contribution in [0.1, 0.15) is 60.5 Å². The minimum Gasteiger partial charge on any atom is -0.497 e. The van der Waals surface area contributed by atoms with Crippen LogP contribution in [-0.4, -0.2) is 18.2 Å². The molecular weight excluding hydrogens is 457 g/mol. The standard InChI is InChI=1S/C30H32FNO4/c1-17(30(33)34)29(19-4-5-19)21-6-3-18-8-12-27(36-28(18)14-21)20-7-10-24(22(13-20)16-32)25-15-23(35-2)9-11-26(25)31/h3,6-7,9-11,13-15,17,19,27,29H,4-5,8,12,16,32H2,1-2H3,(H,33,34)/t17-,27?,29-/m0/s1. The molecule has 0 saturated heterocycles. The number of aliphatic carboxylic acids is 1. The van der Waals surface area contributed by atoms with Crippen molar-refractivity contribution in [2.24, 2.45) is 17.6 Å². The molecule has 0 amide bonds. The number of benzene rings is 3. The number of halogens is 1. The number of carboxylic acid groups (broad SMARTS) is 1. The molecule has 1 aliphatic carbocycles. The van der Waals surface area contributed by atoms with Crippen LogP contribution in [0, 0.1) is 17.7 Å². The Morgan fingerprint density at radius 1 is 1.11 bits per heavy atom. The number of rotatable bonds is 8. The molecule has 188 valence electrons. The second-order valence-corrected chi connectivity index (χ2v) is 9.97. The first-order valence-corrected chi connectivity index (χ1v) is 12.6. The fourth-order valence-electron chi connectivity index (χ4n) is 5.49. The summed E-state index contributed by atoms with van der Waals surface area (Å²) in [7, 11) is 1.56. The molecule has 0 radical (unpaired) electrons. The fraction of sp³-hybridized carbons (Fsp3) is 0.367. The molecular formula is C30H32FNO4. The summed E-state index contributed by atoms with van der Waals surface area (Å²) in [6, 6.07) is 16.8. The van der Waals surface area contributed by atoms with Crippen molar-refractivity contribution in [1.82, 2.24) is 0 Å². The monoisotopic (exact) mass is 489 g/mol. The second-order valence-electron chi connectivity index (χ2n) is 9.97. The van der Waals surface area contributed by atoms with Gasteiger partial charge in [0, 0.05) is 12.1 Å². The molecule has 0 aromatic heterocycles. The molecule has 1 aliphatic heterocycles. The van der Waals surface area contributed by atoms with Crippen LogP contribution >= 0.6 is 0 Å². The fourth-order valence-corrected chi connectivity index (χ4v) is 5.49. The first-order chi connectivity index (χ1) is 17.4. The molecule has 0 bridgehead atoms. The zero-order valence-corrected chi connectivity index (χ0v) is 20.7. The van der Waals surface area contributed by atoms with Gasteiger partial charge in [-0.15, -0.1) is 0 Å². The normalized spacial score (nSPS) is 18.6. The first kappa shape index (κ1) is 24.3. The SMILES string of the molecule is COc1ccc(F)c(-c2ccc(C3CCc4ccc([C@H](C5CC5)[C@H](C)C(=O)O)cc4O3)cc2CN)c1. The molecule has 5 rings (SSSR count). The van der Waals surface area contributed by atoms with Gasteiger partial charge < -0.3 is 20.3 Å². The second kappa shape index (κ2) is 9.94. The molecule has 3 atom stereocenters. The molecule has 3 aromatic rings. The van der Waals surface area contributed by atoms with Crippen molar-refractivity contribution in [3.63, 3.8) is 0 Å². The molecule has 6 heteroatoms. The van der Waals surface area contributed by atoms with Crippen LogP contribution in [0.25, 0.3) is 11.1 Å². The summed E-state index contributed by atoms with van der Waals surface area (Å²) < 4.78 is 26.4. The van der Waals surface area contributed by atoms with Gasteiger partial charge in [0.15, 0.2) is 0 Å². The average molecular weight is 490 g/mol. The maximum Gasteiger partial charge on any atom is 0.306 e. The van der Waals surface area contributed by atoms with E-state index in [-0.39, 0.29) is 24.4 Å². The molecule has 1 fully saturated rings. The van der Waals surface area contributed by atoms with Gasteiger partial charge in [0.25, 0.3) is 0 Å². The summed E-state index contributed by atoms with van der Waals surface area (Å²) in [4.78, 5) is 11.7. The van der Waals surface area contributed by atoms with E-state index in [2.05, 4.69) is 12.1 Å². The van der Waals surface area contributed by atoms with Crippen molar-refractivity contribution in [2.75, 3.05) is 7.11 Å². The summed E-state index contributed by atoms with van der Waals surface area (Å²) >= 11 is 0. The van der Waals surface area contributed by atoms with Gasteiger partial charge in [-0.2, -0.15) is 0 Å². The maximum absolute atomic E-state index is 14.6. The number of carbonyl (C=O) groups is 1. The Balaban J connectivity index is 1.43. The first-order valence-electron chi connectivity index (χ1n) is 12.6. The Morgan fingerprint density at radius 3 is 2.61 bits per heavy atom. The Kier molecular flexibility index (Phi) is 6.71. The molecule has 0 spiro atoms. The smallest absolute Gasteiger partial charge is 0.306 e. The van der Waals surface area contributed by atoms with E-state index < -0.39 is 11.9 Å². The molecule has 3 aromatic carbocycles. The number of nitrogens with two attached hydrogens (primary N) is 1. The van der Waals surface area contributed by atoms with Crippen molar-refractivity contribution in [1.29, 1.82) is 0 Å². The number of aryl methyl sites for hydroxylation is 1. The Bertz CT molecular complexity index is 1290. The lowest BCUT2D eigenvalue weighted by atomic mass is 9.82. The predicted molar refractivity (Wildman–Crippen MR) is 137 cm³/mol. The van der Waals surface area contributed by atoms with Gasteiger partial charge in [-0.25, -0.2) is 4.39 Å². The summed E-state index contributed by atoms with van der Waals surface area (Å²) in [6.07, 6.45) is 3.68. The maximum atomic E-state index is 14.6. The lowest BCUT2D eigenvalue weighted by Gasteiger charge is -2.29. The van der Waals surface area contributed by atoms with Gasteiger partial charge in [-0.1, -0.05) is 37.3 Å². The zero-order chi connectivity index (χ0) is 25.4. The van der Waals surface area contributed by atoms with E-state index in [1.54, 1.807) is 26.2 Å². The summed E-state index contributed by atoms with van der Waals surface area (Å²) in [5.74, 6) is 0.307. The molecule has 1 unspecified atom stereocenters. The molecule has 36 heavy (non-hydrogen) atoms. The largest absolute Gasteiger partial charge is 0.497 e. The van der Waals surface area contributed by atoms with E-state index in [0.29, 0.717) is 17.2 Å². The zero-order valence-electron chi connectivity index (χ0n) is 20.7. The van der Waals surface area contributed by atoms with E-state index >= 15 is 0 Å². The number of methoxy groups -OCH3 is 1. The number of ether oxygens (including phenoxy) is 2. The third-order valence-electron chi connectivity index (χ3n) is 7.66. The Labute approximate surface area is 211 Å². The molecule has 1 saturated carbocycles. The van der Waals surface area contributed by atoms with Crippen LogP contribution in [0.15, 0.2) is 54.6 Å². The van der Waals surface area contributed by atoms with Gasteiger partial charge >= 0.3 is 5.97 Å². The van der Waals surface area contributed by atoms with Crippen LogP contribution in [0.2, 0.25) is 0 Å². The minimum absolute atomic E-state index is 0.00216. The third-order valence-corrected chi connectivity index (χ3v) is 7.66. The van der Waals surface area contributed by atoms with Crippen molar-refractivity contribution >= 4 is 5.97 Å². The van der Waals surface area contributed by atoms with Crippen molar-refractivity contribution < 1.29 is 23.8 Å². The van der Waals surface area contributed by atoms with Crippen LogP contribution in [-0.2, 0) is 17.8 Å². The van der Waals surface area contributed by atoms with E-state index in [0.717, 1.165) is 59.3 Å². The summed E-state index contributed by atoms with van der Waals surface area (Å²) in [5, 5.41) is 9.65. The highest BCUT2D eigenvalue weighted by Crippen LogP contribution is 2.48. The van der Waals surface area contributed by atoms with E-state index in [1.165, 1.54) is 6.07 Å². The quantitative estimate of drug-likeness (QED) is 0.391. The van der Waals surface area contributed by atoms with E-state index in [4.69, 9.17) is 15.2 Å². The highest BCUT2D eigenvalue weighted by atomic mass is 19.1. The van der Waals surface area contributed by atoms with Crippen molar-refractivity contribution in [2.45, 2.75) is 51.2 Å².